The van der Waals surface area contributed by atoms with Crippen molar-refractivity contribution >= 4 is 0 Å². The van der Waals surface area contributed by atoms with E-state index in [1.165, 1.54) is 0 Å². The van der Waals surface area contributed by atoms with E-state index in [-0.39, 0.29) is 6.54 Å². The Balaban J connectivity index is 2.47. The van der Waals surface area contributed by atoms with Gasteiger partial charge in [0, 0.05) is 6.07 Å². The van der Waals surface area contributed by atoms with Crippen molar-refractivity contribution in [2.24, 2.45) is 0 Å². The van der Waals surface area contributed by atoms with Crippen molar-refractivity contribution in [3.8, 4) is 0 Å². The van der Waals surface area contributed by atoms with Crippen LogP contribution in [-0.2, 0) is 6.54 Å². The first-order chi connectivity index (χ1) is 7.68. The van der Waals surface area contributed by atoms with Crippen LogP contribution in [0.4, 0.5) is 0 Å². The molecule has 0 spiro atoms. The highest BCUT2D eigenvalue weighted by atomic mass is 16.5. The van der Waals surface area contributed by atoms with Crippen LogP contribution in [-0.4, -0.2) is 14.5 Å². The van der Waals surface area contributed by atoms with Gasteiger partial charge < -0.3 is 5.21 Å². The fourth-order valence-electron chi connectivity index (χ4n) is 1.42. The molecule has 0 aliphatic heterocycles. The lowest BCUT2D eigenvalue weighted by molar-refractivity contribution is 0.163. The van der Waals surface area contributed by atoms with E-state index >= 15 is 0 Å². The molecule has 0 atom stereocenters. The highest BCUT2D eigenvalue weighted by molar-refractivity contribution is 5.15. The van der Waals surface area contributed by atoms with Crippen molar-refractivity contribution in [2.45, 2.75) is 6.54 Å². The largest absolute Gasteiger partial charge is 0.424 e. The van der Waals surface area contributed by atoms with Gasteiger partial charge in [0.15, 0.2) is 0 Å². The summed E-state index contributed by atoms with van der Waals surface area (Å²) in [6.45, 7) is 0.153. The molecule has 1 N–H and O–H groups in total. The van der Waals surface area contributed by atoms with Gasteiger partial charge in [-0.05, 0) is 5.56 Å². The summed E-state index contributed by atoms with van der Waals surface area (Å²) in [6.07, 6.45) is 1.03. The molecule has 0 amide bonds. The maximum absolute atomic E-state index is 11.5. The maximum atomic E-state index is 11.5. The van der Waals surface area contributed by atoms with Gasteiger partial charge in [-0.25, -0.2) is 4.79 Å². The SMILES string of the molecule is O=c1ccn(O)c(=O)n1Cc1ccccc1. The number of rotatable bonds is 2. The predicted molar refractivity (Wildman–Crippen MR) is 57.7 cm³/mol. The molecule has 0 saturated carbocycles. The summed E-state index contributed by atoms with van der Waals surface area (Å²) < 4.78 is 1.36. The molecule has 1 heterocycles. The molecule has 2 aromatic rings. The van der Waals surface area contributed by atoms with Crippen molar-refractivity contribution in [1.29, 1.82) is 0 Å². The third-order valence-corrected chi connectivity index (χ3v) is 2.23. The number of hydrogen-bond donors (Lipinski definition) is 1. The van der Waals surface area contributed by atoms with Crippen molar-refractivity contribution in [1.82, 2.24) is 9.30 Å². The Bertz CT molecular complexity index is 599. The second-order valence-electron chi connectivity index (χ2n) is 3.35. The third kappa shape index (κ3) is 1.88. The molecule has 5 heteroatoms. The number of aromatic nitrogens is 2. The lowest BCUT2D eigenvalue weighted by atomic mass is 10.2. The maximum Gasteiger partial charge on any atom is 0.364 e. The van der Waals surface area contributed by atoms with E-state index in [0.717, 1.165) is 22.4 Å². The van der Waals surface area contributed by atoms with Crippen molar-refractivity contribution in [3.63, 3.8) is 0 Å². The second-order valence-corrected chi connectivity index (χ2v) is 3.35. The molecule has 0 saturated heterocycles. The molecule has 0 radical (unpaired) electrons. The summed E-state index contributed by atoms with van der Waals surface area (Å²) in [7, 11) is 0. The first kappa shape index (κ1) is 10.2. The van der Waals surface area contributed by atoms with Crippen molar-refractivity contribution in [3.05, 3.63) is 69.0 Å². The summed E-state index contributed by atoms with van der Waals surface area (Å²) in [4.78, 5) is 22.9. The normalized spacial score (nSPS) is 10.2. The summed E-state index contributed by atoms with van der Waals surface area (Å²) in [5, 5.41) is 9.15. The fraction of sp³-hybridized carbons (Fsp3) is 0.0909. The lowest BCUT2D eigenvalue weighted by Crippen LogP contribution is -2.38. The smallest absolute Gasteiger partial charge is 0.364 e. The van der Waals surface area contributed by atoms with Gasteiger partial charge in [0.25, 0.3) is 5.56 Å². The number of hydrogen-bond acceptors (Lipinski definition) is 3. The average Bonchev–Trinajstić information content (AvgIpc) is 2.31. The Morgan fingerprint density at radius 3 is 2.44 bits per heavy atom. The van der Waals surface area contributed by atoms with Gasteiger partial charge in [0.2, 0.25) is 0 Å². The molecule has 2 rings (SSSR count). The molecule has 1 aromatic heterocycles. The fourth-order valence-corrected chi connectivity index (χ4v) is 1.42. The Morgan fingerprint density at radius 1 is 1.06 bits per heavy atom. The van der Waals surface area contributed by atoms with E-state index in [0.29, 0.717) is 4.73 Å². The van der Waals surface area contributed by atoms with E-state index in [1.54, 1.807) is 12.1 Å². The topological polar surface area (TPSA) is 64.2 Å². The van der Waals surface area contributed by atoms with Crippen LogP contribution in [0.2, 0.25) is 0 Å². The first-order valence-electron chi connectivity index (χ1n) is 4.74. The first-order valence-corrected chi connectivity index (χ1v) is 4.74. The van der Waals surface area contributed by atoms with Crippen LogP contribution in [0.25, 0.3) is 0 Å². The zero-order chi connectivity index (χ0) is 11.5. The molecular formula is C11H10N2O3. The van der Waals surface area contributed by atoms with Crippen molar-refractivity contribution < 1.29 is 5.21 Å². The third-order valence-electron chi connectivity index (χ3n) is 2.23. The Kier molecular flexibility index (Phi) is 2.59. The highest BCUT2D eigenvalue weighted by Gasteiger charge is 2.04. The summed E-state index contributed by atoms with van der Waals surface area (Å²) in [6, 6.07) is 10.2. The van der Waals surface area contributed by atoms with Crippen LogP contribution in [0.15, 0.2) is 52.2 Å². The lowest BCUT2D eigenvalue weighted by Gasteiger charge is -2.05. The average molecular weight is 218 g/mol. The molecule has 16 heavy (non-hydrogen) atoms. The summed E-state index contributed by atoms with van der Waals surface area (Å²) in [5.74, 6) is 0. The van der Waals surface area contributed by atoms with Crippen LogP contribution in [0.3, 0.4) is 0 Å². The van der Waals surface area contributed by atoms with E-state index < -0.39 is 11.2 Å². The Labute approximate surface area is 90.8 Å². The second kappa shape index (κ2) is 4.06. The highest BCUT2D eigenvalue weighted by Crippen LogP contribution is 1.98. The molecule has 0 unspecified atom stereocenters. The molecule has 0 fully saturated rings. The molecule has 0 aliphatic rings. The minimum atomic E-state index is -0.739. The molecular weight excluding hydrogens is 208 g/mol. The van der Waals surface area contributed by atoms with Crippen LogP contribution >= 0.6 is 0 Å². The molecule has 0 aliphatic carbocycles. The van der Waals surface area contributed by atoms with Gasteiger partial charge >= 0.3 is 5.69 Å². The minimum Gasteiger partial charge on any atom is -0.424 e. The van der Waals surface area contributed by atoms with Gasteiger partial charge in [0.1, 0.15) is 0 Å². The van der Waals surface area contributed by atoms with E-state index in [4.69, 9.17) is 5.21 Å². The zero-order valence-corrected chi connectivity index (χ0v) is 8.41. The molecule has 5 nitrogen and oxygen atoms in total. The molecule has 82 valence electrons. The van der Waals surface area contributed by atoms with Gasteiger partial charge in [-0.2, -0.15) is 0 Å². The number of nitrogens with zero attached hydrogens (tertiary/aromatic N) is 2. The van der Waals surface area contributed by atoms with Crippen LogP contribution in [0.5, 0.6) is 0 Å². The monoisotopic (exact) mass is 218 g/mol. The zero-order valence-electron chi connectivity index (χ0n) is 8.41. The van der Waals surface area contributed by atoms with E-state index in [1.807, 2.05) is 18.2 Å². The van der Waals surface area contributed by atoms with Crippen LogP contribution in [0, 0.1) is 0 Å². The molecule has 1 aromatic carbocycles. The van der Waals surface area contributed by atoms with Crippen LogP contribution in [0.1, 0.15) is 5.56 Å². The summed E-state index contributed by atoms with van der Waals surface area (Å²) in [5.41, 5.74) is -0.344. The molecule has 0 bridgehead atoms. The Hall–Kier alpha value is -2.30. The van der Waals surface area contributed by atoms with Crippen molar-refractivity contribution in [2.75, 3.05) is 0 Å². The van der Waals surface area contributed by atoms with Gasteiger partial charge in [0.05, 0.1) is 12.7 Å². The Morgan fingerprint density at radius 2 is 1.75 bits per heavy atom. The van der Waals surface area contributed by atoms with E-state index in [9.17, 15) is 9.59 Å². The standard InChI is InChI=1S/C11H10N2O3/c14-10-6-7-13(16)11(15)12(10)8-9-4-2-1-3-5-9/h1-7,16H,8H2. The van der Waals surface area contributed by atoms with Gasteiger partial charge in [-0.15, -0.1) is 4.73 Å². The number of benzene rings is 1. The van der Waals surface area contributed by atoms with Crippen LogP contribution < -0.4 is 11.2 Å². The van der Waals surface area contributed by atoms with Gasteiger partial charge in [-0.1, -0.05) is 30.3 Å². The predicted octanol–water partition coefficient (Wildman–Crippen LogP) is 0.296. The quantitative estimate of drug-likeness (QED) is 0.737. The van der Waals surface area contributed by atoms with Gasteiger partial charge in [-0.3, -0.25) is 9.36 Å². The minimum absolute atomic E-state index is 0.153. The van der Waals surface area contributed by atoms with E-state index in [2.05, 4.69) is 0 Å². The summed E-state index contributed by atoms with van der Waals surface area (Å²) >= 11 is 0.